The maximum Gasteiger partial charge on any atom is 0.358 e. The van der Waals surface area contributed by atoms with Crippen molar-refractivity contribution in [2.24, 2.45) is 5.16 Å². The van der Waals surface area contributed by atoms with Gasteiger partial charge in [-0.3, -0.25) is 9.08 Å². The van der Waals surface area contributed by atoms with E-state index in [2.05, 4.69) is 37.0 Å². The summed E-state index contributed by atoms with van der Waals surface area (Å²) in [5, 5.41) is 3.78. The van der Waals surface area contributed by atoms with Gasteiger partial charge in [0, 0.05) is 0 Å². The molecule has 2 atom stereocenters. The second-order valence-corrected chi connectivity index (χ2v) is 9.54. The predicted molar refractivity (Wildman–Crippen MR) is 95.7 cm³/mol. The first-order valence-corrected chi connectivity index (χ1v) is 9.81. The molecular formula is C15H15Br2NO4S. The molecule has 5 nitrogen and oxygen atoms in total. The third-order valence-electron chi connectivity index (χ3n) is 3.49. The largest absolute Gasteiger partial charge is 0.358 e. The highest BCUT2D eigenvalue weighted by Gasteiger charge is 2.43. The number of carbonyl (C=O) groups excluding carboxylic acids is 1. The van der Waals surface area contributed by atoms with Gasteiger partial charge in [-0.05, 0) is 44.6 Å². The molecule has 0 aliphatic heterocycles. The van der Waals surface area contributed by atoms with Crippen molar-refractivity contribution in [2.75, 3.05) is 0 Å². The molecule has 0 aromatic heterocycles. The third kappa shape index (κ3) is 3.75. The van der Waals surface area contributed by atoms with Crippen LogP contribution in [0.15, 0.2) is 46.0 Å². The summed E-state index contributed by atoms with van der Waals surface area (Å²) in [5.41, 5.74) is 1.84. The summed E-state index contributed by atoms with van der Waals surface area (Å²) in [6.45, 7) is 5.22. The Kier molecular flexibility index (Phi) is 5.18. The van der Waals surface area contributed by atoms with E-state index in [0.29, 0.717) is 11.3 Å². The van der Waals surface area contributed by atoms with Crippen LogP contribution in [0.4, 0.5) is 0 Å². The number of nitrogens with zero attached hydrogens (tertiary/aromatic N) is 1. The van der Waals surface area contributed by atoms with Gasteiger partial charge in [0.1, 0.15) is 9.22 Å². The molecule has 1 aliphatic carbocycles. The molecular weight excluding hydrogens is 450 g/mol. The molecule has 0 amide bonds. The van der Waals surface area contributed by atoms with Gasteiger partial charge in [-0.1, -0.05) is 54.7 Å². The zero-order valence-electron chi connectivity index (χ0n) is 12.7. The number of hydrogen-bond donors (Lipinski definition) is 0. The lowest BCUT2D eigenvalue weighted by atomic mass is 9.88. The van der Waals surface area contributed by atoms with Gasteiger partial charge in [0.25, 0.3) is 0 Å². The quantitative estimate of drug-likeness (QED) is 0.506. The highest BCUT2D eigenvalue weighted by Crippen LogP contribution is 2.36. The lowest BCUT2D eigenvalue weighted by molar-refractivity contribution is -0.116. The molecule has 2 rings (SSSR count). The molecule has 0 N–H and O–H groups in total. The molecule has 1 aliphatic rings. The van der Waals surface area contributed by atoms with Crippen LogP contribution >= 0.6 is 31.9 Å². The minimum Gasteiger partial charge on any atom is -0.293 e. The highest BCUT2D eigenvalue weighted by molar-refractivity contribution is 9.13. The van der Waals surface area contributed by atoms with E-state index in [4.69, 9.17) is 4.28 Å². The molecule has 0 saturated heterocycles. The highest BCUT2D eigenvalue weighted by atomic mass is 79.9. The number of oxime groups is 1. The first-order chi connectivity index (χ1) is 10.6. The Bertz CT molecular complexity index is 795. The fourth-order valence-electron chi connectivity index (χ4n) is 1.95. The Balaban J connectivity index is 2.33. The average molecular weight is 465 g/mol. The maximum atomic E-state index is 12.2. The molecule has 0 heterocycles. The van der Waals surface area contributed by atoms with E-state index in [1.807, 2.05) is 6.92 Å². The van der Waals surface area contributed by atoms with Crippen LogP contribution in [0.5, 0.6) is 0 Å². The molecule has 0 fully saturated rings. The predicted octanol–water partition coefficient (Wildman–Crippen LogP) is 3.50. The summed E-state index contributed by atoms with van der Waals surface area (Å²) in [6.07, 6.45) is 1.41. The minimum absolute atomic E-state index is 0.0219. The fourth-order valence-corrected chi connectivity index (χ4v) is 3.68. The van der Waals surface area contributed by atoms with E-state index in [9.17, 15) is 13.2 Å². The lowest BCUT2D eigenvalue weighted by Crippen LogP contribution is -2.45. The van der Waals surface area contributed by atoms with Gasteiger partial charge >= 0.3 is 10.1 Å². The van der Waals surface area contributed by atoms with E-state index >= 15 is 0 Å². The summed E-state index contributed by atoms with van der Waals surface area (Å²) < 4.78 is 28.3. The molecule has 0 radical (unpaired) electrons. The molecule has 0 saturated carbocycles. The second kappa shape index (κ2) is 6.49. The summed E-state index contributed by atoms with van der Waals surface area (Å²) in [7, 11) is -4.01. The SMILES string of the molecule is CC1=CC(=O)C(C)(Br)C(Br)C1=NOS(=O)(=O)c1ccc(C)cc1. The van der Waals surface area contributed by atoms with Crippen LogP contribution in [0.1, 0.15) is 19.4 Å². The normalized spacial score (nSPS) is 27.0. The number of alkyl halides is 2. The van der Waals surface area contributed by atoms with E-state index in [1.165, 1.54) is 18.2 Å². The minimum atomic E-state index is -4.01. The smallest absolute Gasteiger partial charge is 0.293 e. The Morgan fingerprint density at radius 2 is 1.78 bits per heavy atom. The van der Waals surface area contributed by atoms with Crippen LogP contribution in [-0.2, 0) is 19.2 Å². The van der Waals surface area contributed by atoms with Crippen LogP contribution < -0.4 is 0 Å². The first-order valence-electron chi connectivity index (χ1n) is 6.70. The van der Waals surface area contributed by atoms with Gasteiger partial charge in [0.2, 0.25) is 0 Å². The molecule has 0 spiro atoms. The van der Waals surface area contributed by atoms with Crippen molar-refractivity contribution < 1.29 is 17.5 Å². The lowest BCUT2D eigenvalue weighted by Gasteiger charge is -2.30. The number of ketones is 1. The number of halogens is 2. The van der Waals surface area contributed by atoms with Gasteiger partial charge < -0.3 is 0 Å². The van der Waals surface area contributed by atoms with Crippen molar-refractivity contribution in [2.45, 2.75) is 34.8 Å². The Hall–Kier alpha value is -0.990. The van der Waals surface area contributed by atoms with Crippen LogP contribution in [-0.4, -0.2) is 29.1 Å². The second-order valence-electron chi connectivity index (χ2n) is 5.45. The van der Waals surface area contributed by atoms with Gasteiger partial charge in [-0.25, -0.2) is 0 Å². The number of rotatable bonds is 3. The van der Waals surface area contributed by atoms with Crippen molar-refractivity contribution >= 4 is 53.5 Å². The van der Waals surface area contributed by atoms with Crippen molar-refractivity contribution in [1.82, 2.24) is 0 Å². The van der Waals surface area contributed by atoms with E-state index in [1.54, 1.807) is 26.0 Å². The van der Waals surface area contributed by atoms with Crippen LogP contribution in [0, 0.1) is 6.92 Å². The van der Waals surface area contributed by atoms with Gasteiger partial charge in [0.05, 0.1) is 10.5 Å². The summed E-state index contributed by atoms with van der Waals surface area (Å²) in [5.74, 6) is -0.128. The van der Waals surface area contributed by atoms with Crippen molar-refractivity contribution in [3.05, 3.63) is 41.5 Å². The fraction of sp³-hybridized carbons (Fsp3) is 0.333. The number of carbonyl (C=O) groups is 1. The molecule has 124 valence electrons. The number of allylic oxidation sites excluding steroid dienone is 2. The standard InChI is InChI=1S/C15H15Br2NO4S/c1-9-4-6-11(7-5-9)23(20,21)22-18-13-10(2)8-12(19)15(3,17)14(13)16/h4-8,14H,1-3H3. The zero-order valence-corrected chi connectivity index (χ0v) is 16.7. The molecule has 1 aromatic carbocycles. The van der Waals surface area contributed by atoms with E-state index < -0.39 is 19.3 Å². The Labute approximate surface area is 152 Å². The molecule has 2 unspecified atom stereocenters. The number of benzene rings is 1. The van der Waals surface area contributed by atoms with Gasteiger partial charge in [-0.15, -0.1) is 0 Å². The monoisotopic (exact) mass is 463 g/mol. The molecule has 23 heavy (non-hydrogen) atoms. The topological polar surface area (TPSA) is 72.8 Å². The number of aryl methyl sites for hydroxylation is 1. The summed E-state index contributed by atoms with van der Waals surface area (Å²) in [4.78, 5) is 11.5. The Morgan fingerprint density at radius 1 is 1.22 bits per heavy atom. The van der Waals surface area contributed by atoms with E-state index in [-0.39, 0.29) is 10.7 Å². The maximum absolute atomic E-state index is 12.2. The van der Waals surface area contributed by atoms with Crippen molar-refractivity contribution in [3.8, 4) is 0 Å². The van der Waals surface area contributed by atoms with E-state index in [0.717, 1.165) is 5.56 Å². The van der Waals surface area contributed by atoms with Gasteiger partial charge in [-0.2, -0.15) is 8.42 Å². The summed E-state index contributed by atoms with van der Waals surface area (Å²) >= 11 is 6.71. The van der Waals surface area contributed by atoms with Crippen molar-refractivity contribution in [3.63, 3.8) is 0 Å². The first kappa shape index (κ1) is 18.4. The number of hydrogen-bond acceptors (Lipinski definition) is 5. The van der Waals surface area contributed by atoms with Crippen LogP contribution in [0.3, 0.4) is 0 Å². The third-order valence-corrected chi connectivity index (χ3v) is 7.43. The molecule has 8 heteroatoms. The Morgan fingerprint density at radius 3 is 2.35 bits per heavy atom. The summed E-state index contributed by atoms with van der Waals surface area (Å²) in [6, 6.07) is 6.27. The van der Waals surface area contributed by atoms with Crippen molar-refractivity contribution in [1.29, 1.82) is 0 Å². The van der Waals surface area contributed by atoms with Gasteiger partial charge in [0.15, 0.2) is 5.78 Å². The molecule has 1 aromatic rings. The van der Waals surface area contributed by atoms with Crippen LogP contribution in [0.25, 0.3) is 0 Å². The zero-order chi connectivity index (χ0) is 17.4. The van der Waals surface area contributed by atoms with Crippen LogP contribution in [0.2, 0.25) is 0 Å². The average Bonchev–Trinajstić information content (AvgIpc) is 2.46. The molecule has 0 bridgehead atoms.